The van der Waals surface area contributed by atoms with Crippen molar-refractivity contribution in [1.29, 1.82) is 0 Å². The minimum absolute atomic E-state index is 0.0327. The van der Waals surface area contributed by atoms with E-state index in [2.05, 4.69) is 98.9 Å². The van der Waals surface area contributed by atoms with Gasteiger partial charge in [-0.15, -0.1) is 0 Å². The first-order valence-corrected chi connectivity index (χ1v) is 24.8. The molecule has 0 aromatic carbocycles. The molecule has 8 nitrogen and oxygen atoms in total. The van der Waals surface area contributed by atoms with E-state index in [0.29, 0.717) is 19.3 Å². The fourth-order valence-corrected chi connectivity index (χ4v) is 6.74. The molecule has 0 radical (unpaired) electrons. The summed E-state index contributed by atoms with van der Waals surface area (Å²) in [5.41, 5.74) is 0. The molecule has 8 heteroatoms. The SMILES string of the molecule is CC/C=C/C/C=C/C/C=C/C/C=C/C/C=C/CCC(=O)OCC(COCCC(C(=O)O)[N+](C)(C)C)OC(=O)CCCCCCCCCCCCCCC/C=C/C/C=C/C/C=C/CC. The number of carboxylic acid groups (broad SMARTS) is 1. The van der Waals surface area contributed by atoms with Crippen LogP contribution in [-0.4, -0.2) is 80.6 Å². The quantitative estimate of drug-likeness (QED) is 0.0282. The second kappa shape index (κ2) is 44.8. The van der Waals surface area contributed by atoms with Crippen molar-refractivity contribution in [1.82, 2.24) is 0 Å². The van der Waals surface area contributed by atoms with Gasteiger partial charge in [0.1, 0.15) is 6.61 Å². The number of unbranched alkanes of at least 4 members (excludes halogenated alkanes) is 13. The highest BCUT2D eigenvalue weighted by Crippen LogP contribution is 2.15. The Kier molecular flexibility index (Phi) is 42.2. The van der Waals surface area contributed by atoms with Crippen molar-refractivity contribution in [3.8, 4) is 0 Å². The molecule has 0 rings (SSSR count). The zero-order valence-corrected chi connectivity index (χ0v) is 40.7. The van der Waals surface area contributed by atoms with E-state index in [1.807, 2.05) is 33.3 Å². The minimum atomic E-state index is -0.887. The number of esters is 2. The number of nitrogens with zero attached hydrogens (tertiary/aromatic N) is 1. The van der Waals surface area contributed by atoms with E-state index in [4.69, 9.17) is 14.2 Å². The van der Waals surface area contributed by atoms with Crippen molar-refractivity contribution >= 4 is 17.9 Å². The van der Waals surface area contributed by atoms with Gasteiger partial charge in [-0.1, -0.05) is 182 Å². The van der Waals surface area contributed by atoms with Crippen LogP contribution in [-0.2, 0) is 28.6 Å². The Hall–Kier alpha value is -3.75. The summed E-state index contributed by atoms with van der Waals surface area (Å²) in [7, 11) is 5.50. The largest absolute Gasteiger partial charge is 0.477 e. The van der Waals surface area contributed by atoms with Crippen LogP contribution in [0.5, 0.6) is 0 Å². The second-order valence-corrected chi connectivity index (χ2v) is 17.3. The summed E-state index contributed by atoms with van der Waals surface area (Å²) in [4.78, 5) is 37.1. The zero-order chi connectivity index (χ0) is 46.3. The van der Waals surface area contributed by atoms with Crippen molar-refractivity contribution in [3.63, 3.8) is 0 Å². The van der Waals surface area contributed by atoms with Gasteiger partial charge in [0.15, 0.2) is 12.1 Å². The highest BCUT2D eigenvalue weighted by molar-refractivity contribution is 5.72. The minimum Gasteiger partial charge on any atom is -0.477 e. The number of carbonyl (C=O) groups is 3. The first-order chi connectivity index (χ1) is 30.6. The van der Waals surface area contributed by atoms with Crippen LogP contribution in [0.2, 0.25) is 0 Å². The van der Waals surface area contributed by atoms with Gasteiger partial charge in [-0.25, -0.2) is 4.79 Å². The Morgan fingerprint density at radius 2 is 0.873 bits per heavy atom. The first-order valence-electron chi connectivity index (χ1n) is 24.8. The molecule has 358 valence electrons. The molecule has 2 atom stereocenters. The van der Waals surface area contributed by atoms with Gasteiger partial charge >= 0.3 is 17.9 Å². The third-order valence-corrected chi connectivity index (χ3v) is 10.5. The monoisotopic (exact) mass is 879 g/mol. The number of aliphatic carboxylic acids is 1. The van der Waals surface area contributed by atoms with Crippen LogP contribution in [0.15, 0.2) is 97.2 Å². The maximum atomic E-state index is 12.8. The molecule has 0 aromatic heterocycles. The summed E-state index contributed by atoms with van der Waals surface area (Å²) >= 11 is 0. The number of carboxylic acids is 1. The summed E-state index contributed by atoms with van der Waals surface area (Å²) in [6.45, 7) is 4.43. The number of carbonyl (C=O) groups excluding carboxylic acids is 2. The summed E-state index contributed by atoms with van der Waals surface area (Å²) in [6.07, 6.45) is 60.5. The molecule has 0 saturated heterocycles. The van der Waals surface area contributed by atoms with Gasteiger partial charge in [0.05, 0.1) is 34.4 Å². The van der Waals surface area contributed by atoms with Gasteiger partial charge < -0.3 is 23.8 Å². The van der Waals surface area contributed by atoms with E-state index < -0.39 is 18.1 Å². The molecule has 0 aliphatic rings. The Balaban J connectivity index is 4.33. The van der Waals surface area contributed by atoms with Crippen LogP contribution in [0.1, 0.15) is 181 Å². The average Bonchev–Trinajstić information content (AvgIpc) is 3.24. The average molecular weight is 879 g/mol. The van der Waals surface area contributed by atoms with Crippen molar-refractivity contribution in [2.45, 2.75) is 193 Å². The van der Waals surface area contributed by atoms with Crippen LogP contribution in [0, 0.1) is 0 Å². The molecule has 0 heterocycles. The number of likely N-dealkylation sites (N-methyl/N-ethyl adjacent to an activating group) is 1. The smallest absolute Gasteiger partial charge is 0.362 e. The molecule has 0 spiro atoms. The summed E-state index contributed by atoms with van der Waals surface area (Å²) in [5.74, 6) is -1.58. The van der Waals surface area contributed by atoms with Gasteiger partial charge in [-0.05, 0) is 77.0 Å². The van der Waals surface area contributed by atoms with Gasteiger partial charge in [0.2, 0.25) is 0 Å². The van der Waals surface area contributed by atoms with E-state index in [1.54, 1.807) is 0 Å². The number of allylic oxidation sites excluding steroid dienone is 16. The number of quaternary nitrogens is 1. The number of hydrogen-bond donors (Lipinski definition) is 1. The highest BCUT2D eigenvalue weighted by atomic mass is 16.6. The molecular weight excluding hydrogens is 787 g/mol. The second-order valence-electron chi connectivity index (χ2n) is 17.3. The predicted octanol–water partition coefficient (Wildman–Crippen LogP) is 14.2. The van der Waals surface area contributed by atoms with Gasteiger partial charge in [0, 0.05) is 19.3 Å². The number of hydrogen-bond acceptors (Lipinski definition) is 6. The van der Waals surface area contributed by atoms with Crippen LogP contribution >= 0.6 is 0 Å². The molecule has 0 aromatic rings. The molecule has 0 saturated carbocycles. The Morgan fingerprint density at radius 1 is 0.476 bits per heavy atom. The van der Waals surface area contributed by atoms with E-state index >= 15 is 0 Å². The maximum absolute atomic E-state index is 12.8. The Labute approximate surface area is 386 Å². The van der Waals surface area contributed by atoms with Crippen molar-refractivity contribution in [2.24, 2.45) is 0 Å². The molecule has 63 heavy (non-hydrogen) atoms. The van der Waals surface area contributed by atoms with Gasteiger partial charge in [-0.3, -0.25) is 9.59 Å². The standard InChI is InChI=1S/C55H91NO7/c1-6-8-10-12-14-16-18-20-22-24-25-26-27-28-29-30-32-34-36-38-40-42-44-46-54(58)63-51(49-61-48-47-52(55(59)60)56(3,4)5)50-62-53(57)45-43-41-39-37-35-33-31-23-21-19-17-15-13-11-9-7-2/h8-11,14-17,20-23,33,35,39,41,51-52H,6-7,12-13,18-19,24-32,34,36-38,40,42-50H2,1-5H3/p+1/b10-8+,11-9+,16-14+,17-15+,22-20+,23-21+,35-33+,41-39+. The van der Waals surface area contributed by atoms with Crippen LogP contribution in [0.25, 0.3) is 0 Å². The maximum Gasteiger partial charge on any atom is 0.362 e. The van der Waals surface area contributed by atoms with Crippen molar-refractivity contribution in [2.75, 3.05) is 41.0 Å². The van der Waals surface area contributed by atoms with Crippen molar-refractivity contribution in [3.05, 3.63) is 97.2 Å². The lowest BCUT2D eigenvalue weighted by Gasteiger charge is -2.31. The summed E-state index contributed by atoms with van der Waals surface area (Å²) in [5, 5.41) is 9.64. The molecule has 0 aliphatic carbocycles. The lowest BCUT2D eigenvalue weighted by Crippen LogP contribution is -2.50. The number of ether oxygens (including phenoxy) is 3. The highest BCUT2D eigenvalue weighted by Gasteiger charge is 2.31. The number of rotatable bonds is 43. The fraction of sp³-hybridized carbons (Fsp3) is 0.655. The Bertz CT molecular complexity index is 1350. The molecule has 0 amide bonds. The lowest BCUT2D eigenvalue weighted by atomic mass is 10.0. The predicted molar refractivity (Wildman–Crippen MR) is 266 cm³/mol. The third kappa shape index (κ3) is 43.3. The topological polar surface area (TPSA) is 99.1 Å². The molecule has 2 unspecified atom stereocenters. The molecule has 0 bridgehead atoms. The van der Waals surface area contributed by atoms with E-state index in [-0.39, 0.29) is 42.7 Å². The third-order valence-electron chi connectivity index (χ3n) is 10.5. The zero-order valence-electron chi connectivity index (χ0n) is 40.7. The molecule has 0 fully saturated rings. The van der Waals surface area contributed by atoms with E-state index in [1.165, 1.54) is 70.6 Å². The van der Waals surface area contributed by atoms with Crippen LogP contribution in [0.3, 0.4) is 0 Å². The Morgan fingerprint density at radius 3 is 1.30 bits per heavy atom. The molecular formula is C55H92NO7+. The van der Waals surface area contributed by atoms with Crippen LogP contribution in [0.4, 0.5) is 0 Å². The molecule has 0 aliphatic heterocycles. The first kappa shape index (κ1) is 59.2. The van der Waals surface area contributed by atoms with Crippen LogP contribution < -0.4 is 0 Å². The molecule has 1 N–H and O–H groups in total. The van der Waals surface area contributed by atoms with Crippen molar-refractivity contribution < 1.29 is 38.2 Å². The summed E-state index contributed by atoms with van der Waals surface area (Å²) < 4.78 is 17.2. The van der Waals surface area contributed by atoms with Gasteiger partial charge in [0.25, 0.3) is 0 Å². The van der Waals surface area contributed by atoms with E-state index in [9.17, 15) is 19.5 Å². The van der Waals surface area contributed by atoms with Gasteiger partial charge in [-0.2, -0.15) is 0 Å². The fourth-order valence-electron chi connectivity index (χ4n) is 6.74. The summed E-state index contributed by atoms with van der Waals surface area (Å²) in [6, 6.07) is -0.630. The normalized spacial score (nSPS) is 13.7. The van der Waals surface area contributed by atoms with E-state index in [0.717, 1.165) is 70.6 Å². The lowest BCUT2D eigenvalue weighted by molar-refractivity contribution is -0.887.